The number of carbonyl (C=O) groups is 2. The lowest BCUT2D eigenvalue weighted by atomic mass is 9.71. The molecule has 2 saturated heterocycles. The summed E-state index contributed by atoms with van der Waals surface area (Å²) in [6.07, 6.45) is 1.65. The van der Waals surface area contributed by atoms with E-state index >= 15 is 0 Å². The van der Waals surface area contributed by atoms with Gasteiger partial charge in [-0.15, -0.1) is 0 Å². The summed E-state index contributed by atoms with van der Waals surface area (Å²) in [7, 11) is 3.57. The van der Waals surface area contributed by atoms with Gasteiger partial charge in [0.15, 0.2) is 0 Å². The summed E-state index contributed by atoms with van der Waals surface area (Å²) in [5.74, 6) is -0.0558. The molecule has 1 unspecified atom stereocenters. The molecule has 2 aliphatic heterocycles. The molecular formula is C20H29N3O3. The number of nitrogens with zero attached hydrogens (tertiary/aromatic N) is 2. The monoisotopic (exact) mass is 359 g/mol. The standard InChI is InChI=1S/C20H29N3O3/c1-14-5-6-15(2)17(11-14)21-19(25)23-12-16(18(24)22(3)4)20(13-23)7-9-26-10-8-20/h5-6,11,16H,7-10,12-13H2,1-4H3,(H,21,25). The third-order valence-electron chi connectivity index (χ3n) is 5.80. The molecule has 1 aromatic carbocycles. The van der Waals surface area contributed by atoms with Gasteiger partial charge in [-0.05, 0) is 43.9 Å². The van der Waals surface area contributed by atoms with E-state index in [-0.39, 0.29) is 23.3 Å². The normalized spacial score (nSPS) is 21.7. The molecule has 1 aromatic rings. The van der Waals surface area contributed by atoms with Crippen LogP contribution in [0.2, 0.25) is 0 Å². The lowest BCUT2D eigenvalue weighted by Gasteiger charge is -2.37. The van der Waals surface area contributed by atoms with Crippen LogP contribution < -0.4 is 5.32 Å². The van der Waals surface area contributed by atoms with Crippen LogP contribution in [0.15, 0.2) is 18.2 Å². The van der Waals surface area contributed by atoms with Crippen LogP contribution in [0.5, 0.6) is 0 Å². The second kappa shape index (κ2) is 7.27. The van der Waals surface area contributed by atoms with E-state index in [1.807, 2.05) is 32.0 Å². The lowest BCUT2D eigenvalue weighted by molar-refractivity contribution is -0.138. The fourth-order valence-corrected chi connectivity index (χ4v) is 4.12. The van der Waals surface area contributed by atoms with E-state index in [1.165, 1.54) is 0 Å². The molecule has 0 saturated carbocycles. The zero-order valence-electron chi connectivity index (χ0n) is 16.2. The first-order valence-corrected chi connectivity index (χ1v) is 9.24. The average molecular weight is 359 g/mol. The Morgan fingerprint density at radius 2 is 1.92 bits per heavy atom. The Morgan fingerprint density at radius 1 is 1.23 bits per heavy atom. The van der Waals surface area contributed by atoms with Crippen LogP contribution >= 0.6 is 0 Å². The average Bonchev–Trinajstić information content (AvgIpc) is 2.96. The van der Waals surface area contributed by atoms with E-state index in [0.717, 1.165) is 29.7 Å². The molecule has 6 nitrogen and oxygen atoms in total. The van der Waals surface area contributed by atoms with E-state index in [0.29, 0.717) is 26.3 Å². The van der Waals surface area contributed by atoms with Crippen molar-refractivity contribution in [2.45, 2.75) is 26.7 Å². The minimum atomic E-state index is -0.168. The molecule has 2 heterocycles. The summed E-state index contributed by atoms with van der Waals surface area (Å²) >= 11 is 0. The van der Waals surface area contributed by atoms with Gasteiger partial charge in [0.05, 0.1) is 5.92 Å². The topological polar surface area (TPSA) is 61.9 Å². The van der Waals surface area contributed by atoms with Crippen LogP contribution in [-0.4, -0.2) is 62.1 Å². The molecule has 0 aliphatic carbocycles. The number of rotatable bonds is 2. The van der Waals surface area contributed by atoms with Crippen LogP contribution in [0.4, 0.5) is 10.5 Å². The third-order valence-corrected chi connectivity index (χ3v) is 5.80. The maximum absolute atomic E-state index is 12.9. The second-order valence-corrected chi connectivity index (χ2v) is 7.89. The summed E-state index contributed by atoms with van der Waals surface area (Å²) in [6, 6.07) is 5.89. The SMILES string of the molecule is Cc1ccc(C)c(NC(=O)N2CC(C(=O)N(C)C)C3(CCOCC3)C2)c1. The van der Waals surface area contributed by atoms with Crippen molar-refractivity contribution in [3.63, 3.8) is 0 Å². The van der Waals surface area contributed by atoms with Crippen LogP contribution in [0.3, 0.4) is 0 Å². The maximum atomic E-state index is 12.9. The van der Waals surface area contributed by atoms with Gasteiger partial charge >= 0.3 is 6.03 Å². The Morgan fingerprint density at radius 3 is 2.58 bits per heavy atom. The molecule has 1 atom stereocenters. The Bertz CT molecular complexity index is 696. The quantitative estimate of drug-likeness (QED) is 0.883. The van der Waals surface area contributed by atoms with Crippen molar-refractivity contribution in [2.75, 3.05) is 45.7 Å². The highest BCUT2D eigenvalue weighted by Crippen LogP contribution is 2.45. The van der Waals surface area contributed by atoms with Crippen LogP contribution in [-0.2, 0) is 9.53 Å². The van der Waals surface area contributed by atoms with Crippen molar-refractivity contribution in [3.8, 4) is 0 Å². The fraction of sp³-hybridized carbons (Fsp3) is 0.600. The molecule has 1 N–H and O–H groups in total. The lowest BCUT2D eigenvalue weighted by Crippen LogP contribution is -2.44. The number of aryl methyl sites for hydroxylation is 2. The molecule has 0 radical (unpaired) electrons. The number of benzene rings is 1. The van der Waals surface area contributed by atoms with Crippen molar-refractivity contribution in [3.05, 3.63) is 29.3 Å². The summed E-state index contributed by atoms with van der Waals surface area (Å²) < 4.78 is 5.52. The minimum Gasteiger partial charge on any atom is -0.381 e. The van der Waals surface area contributed by atoms with E-state index in [9.17, 15) is 9.59 Å². The Hall–Kier alpha value is -2.08. The van der Waals surface area contributed by atoms with Crippen LogP contribution in [0, 0.1) is 25.2 Å². The molecule has 6 heteroatoms. The number of amides is 3. The number of hydrogen-bond acceptors (Lipinski definition) is 3. The molecule has 2 aliphatic rings. The molecule has 3 rings (SSSR count). The first kappa shape index (κ1) is 18.7. The van der Waals surface area contributed by atoms with Crippen molar-refractivity contribution in [1.82, 2.24) is 9.80 Å². The summed E-state index contributed by atoms with van der Waals surface area (Å²) in [6.45, 7) is 6.38. The first-order chi connectivity index (χ1) is 12.3. The van der Waals surface area contributed by atoms with Crippen molar-refractivity contribution in [1.29, 1.82) is 0 Å². The fourth-order valence-electron chi connectivity index (χ4n) is 4.12. The predicted octanol–water partition coefficient (Wildman–Crippen LogP) is 2.65. The highest BCUT2D eigenvalue weighted by Gasteiger charge is 2.52. The van der Waals surface area contributed by atoms with Crippen LogP contribution in [0.1, 0.15) is 24.0 Å². The second-order valence-electron chi connectivity index (χ2n) is 7.89. The van der Waals surface area contributed by atoms with Crippen molar-refractivity contribution in [2.24, 2.45) is 11.3 Å². The van der Waals surface area contributed by atoms with Gasteiger partial charge < -0.3 is 19.9 Å². The smallest absolute Gasteiger partial charge is 0.321 e. The highest BCUT2D eigenvalue weighted by atomic mass is 16.5. The molecule has 0 bridgehead atoms. The van der Waals surface area contributed by atoms with Gasteiger partial charge in [-0.25, -0.2) is 4.79 Å². The van der Waals surface area contributed by atoms with E-state index < -0.39 is 0 Å². The van der Waals surface area contributed by atoms with Gasteiger partial charge in [0.1, 0.15) is 0 Å². The van der Waals surface area contributed by atoms with Crippen molar-refractivity contribution < 1.29 is 14.3 Å². The third kappa shape index (κ3) is 3.56. The number of hydrogen-bond donors (Lipinski definition) is 1. The van der Waals surface area contributed by atoms with Gasteiger partial charge in [0.25, 0.3) is 0 Å². The molecule has 26 heavy (non-hydrogen) atoms. The molecule has 3 amide bonds. The van der Waals surface area contributed by atoms with E-state index in [1.54, 1.807) is 23.9 Å². The number of nitrogens with one attached hydrogen (secondary N) is 1. The predicted molar refractivity (Wildman–Crippen MR) is 101 cm³/mol. The van der Waals surface area contributed by atoms with Gasteiger partial charge in [-0.2, -0.15) is 0 Å². The van der Waals surface area contributed by atoms with Gasteiger partial charge in [-0.1, -0.05) is 12.1 Å². The Kier molecular flexibility index (Phi) is 5.23. The Labute approximate surface area is 155 Å². The first-order valence-electron chi connectivity index (χ1n) is 9.24. The van der Waals surface area contributed by atoms with Gasteiger partial charge in [0.2, 0.25) is 5.91 Å². The van der Waals surface area contributed by atoms with Gasteiger partial charge in [-0.3, -0.25) is 4.79 Å². The number of anilines is 1. The minimum absolute atomic E-state index is 0.105. The number of likely N-dealkylation sites (tertiary alicyclic amines) is 1. The van der Waals surface area contributed by atoms with Gasteiger partial charge in [0, 0.05) is 51.5 Å². The molecule has 1 spiro atoms. The summed E-state index contributed by atoms with van der Waals surface area (Å²) in [4.78, 5) is 29.1. The Balaban J connectivity index is 1.79. The largest absolute Gasteiger partial charge is 0.381 e. The number of urea groups is 1. The maximum Gasteiger partial charge on any atom is 0.321 e. The number of carbonyl (C=O) groups excluding carboxylic acids is 2. The van der Waals surface area contributed by atoms with E-state index in [4.69, 9.17) is 4.74 Å². The zero-order valence-corrected chi connectivity index (χ0v) is 16.2. The molecule has 142 valence electrons. The molecular weight excluding hydrogens is 330 g/mol. The zero-order chi connectivity index (χ0) is 18.9. The summed E-state index contributed by atoms with van der Waals surface area (Å²) in [5.41, 5.74) is 2.80. The van der Waals surface area contributed by atoms with E-state index in [2.05, 4.69) is 5.32 Å². The van der Waals surface area contributed by atoms with Crippen molar-refractivity contribution >= 4 is 17.6 Å². The highest BCUT2D eigenvalue weighted by molar-refractivity contribution is 5.91. The molecule has 0 aromatic heterocycles. The summed E-state index contributed by atoms with van der Waals surface area (Å²) in [5, 5.41) is 3.03. The number of ether oxygens (including phenoxy) is 1. The molecule has 2 fully saturated rings. The van der Waals surface area contributed by atoms with Crippen LogP contribution in [0.25, 0.3) is 0 Å².